The molecular formula is C16H22N6O3. The lowest BCUT2D eigenvalue weighted by Crippen LogP contribution is -2.29. The normalized spacial score (nSPS) is 17.0. The Balaban J connectivity index is 1.80. The van der Waals surface area contributed by atoms with Crippen LogP contribution in [0.1, 0.15) is 28.4 Å². The van der Waals surface area contributed by atoms with E-state index in [1.807, 2.05) is 14.1 Å². The Kier molecular flexibility index (Phi) is 4.47. The molecule has 0 aromatic carbocycles. The maximum absolute atomic E-state index is 12.8. The van der Waals surface area contributed by atoms with Crippen molar-refractivity contribution >= 4 is 11.9 Å². The van der Waals surface area contributed by atoms with Crippen molar-refractivity contribution in [2.45, 2.75) is 12.3 Å². The van der Waals surface area contributed by atoms with Gasteiger partial charge in [0.25, 0.3) is 11.5 Å². The summed E-state index contributed by atoms with van der Waals surface area (Å²) in [7, 11) is 6.89. The standard InChI is InChI=1S/C16H22N6O3/c1-20(2)16-18-12(7-13(23)19-16)10-5-6-22(9-10)14(24)11-8-17-21(3)15(11)25-4/h7-8,10H,5-6,9H2,1-4H3,(H,18,19,23). The number of aryl methyl sites for hydroxylation is 1. The molecule has 3 rings (SSSR count). The van der Waals surface area contributed by atoms with Gasteiger partial charge in [-0.15, -0.1) is 0 Å². The van der Waals surface area contributed by atoms with Crippen LogP contribution in [0.3, 0.4) is 0 Å². The van der Waals surface area contributed by atoms with Crippen molar-refractivity contribution in [2.75, 3.05) is 39.2 Å². The molecule has 2 aromatic heterocycles. The number of likely N-dealkylation sites (tertiary alicyclic amines) is 1. The number of rotatable bonds is 4. The van der Waals surface area contributed by atoms with E-state index in [1.54, 1.807) is 16.8 Å². The second kappa shape index (κ2) is 6.58. The highest BCUT2D eigenvalue weighted by Gasteiger charge is 2.31. The summed E-state index contributed by atoms with van der Waals surface area (Å²) in [6, 6.07) is 1.51. The number of carbonyl (C=O) groups excluding carboxylic acids is 1. The molecule has 1 saturated heterocycles. The first-order valence-corrected chi connectivity index (χ1v) is 8.04. The molecule has 0 radical (unpaired) electrons. The van der Waals surface area contributed by atoms with Crippen molar-refractivity contribution in [3.63, 3.8) is 0 Å². The number of hydrogen-bond acceptors (Lipinski definition) is 6. The highest BCUT2D eigenvalue weighted by Crippen LogP contribution is 2.28. The molecule has 9 nitrogen and oxygen atoms in total. The SMILES string of the molecule is COc1c(C(=O)N2CCC(c3cc(=O)[nH]c(N(C)C)n3)C2)cnn1C. The van der Waals surface area contributed by atoms with Gasteiger partial charge in [0.2, 0.25) is 11.8 Å². The molecule has 0 aliphatic carbocycles. The van der Waals surface area contributed by atoms with Crippen LogP contribution in [0.4, 0.5) is 5.95 Å². The minimum atomic E-state index is -0.188. The first-order chi connectivity index (χ1) is 11.9. The van der Waals surface area contributed by atoms with Gasteiger partial charge >= 0.3 is 0 Å². The molecule has 9 heteroatoms. The van der Waals surface area contributed by atoms with Crippen LogP contribution >= 0.6 is 0 Å². The van der Waals surface area contributed by atoms with Gasteiger partial charge in [-0.1, -0.05) is 0 Å². The van der Waals surface area contributed by atoms with E-state index in [-0.39, 0.29) is 17.4 Å². The summed E-state index contributed by atoms with van der Waals surface area (Å²) in [5, 5.41) is 4.08. The largest absolute Gasteiger partial charge is 0.481 e. The number of hydrogen-bond donors (Lipinski definition) is 1. The average molecular weight is 346 g/mol. The van der Waals surface area contributed by atoms with E-state index in [0.29, 0.717) is 36.2 Å². The lowest BCUT2D eigenvalue weighted by Gasteiger charge is -2.17. The number of nitrogens with one attached hydrogen (secondary N) is 1. The van der Waals surface area contributed by atoms with Gasteiger partial charge in [-0.25, -0.2) is 9.67 Å². The first-order valence-electron chi connectivity index (χ1n) is 8.04. The van der Waals surface area contributed by atoms with Crippen molar-refractivity contribution in [2.24, 2.45) is 7.05 Å². The smallest absolute Gasteiger partial charge is 0.261 e. The molecule has 1 aliphatic rings. The van der Waals surface area contributed by atoms with Crippen LogP contribution in [0.25, 0.3) is 0 Å². The molecule has 1 aliphatic heterocycles. The molecule has 3 heterocycles. The maximum Gasteiger partial charge on any atom is 0.261 e. The van der Waals surface area contributed by atoms with E-state index in [0.717, 1.165) is 6.42 Å². The summed E-state index contributed by atoms with van der Waals surface area (Å²) in [6.07, 6.45) is 2.28. The third-order valence-corrected chi connectivity index (χ3v) is 4.37. The average Bonchev–Trinajstić information content (AvgIpc) is 3.20. The first kappa shape index (κ1) is 17.0. The predicted molar refractivity (Wildman–Crippen MR) is 92.2 cm³/mol. The van der Waals surface area contributed by atoms with Gasteiger partial charge in [0.05, 0.1) is 19.0 Å². The molecule has 1 atom stereocenters. The highest BCUT2D eigenvalue weighted by molar-refractivity contribution is 5.96. The zero-order valence-electron chi connectivity index (χ0n) is 14.8. The van der Waals surface area contributed by atoms with E-state index in [4.69, 9.17) is 4.74 Å². The molecule has 1 amide bonds. The van der Waals surface area contributed by atoms with Gasteiger partial charge in [-0.3, -0.25) is 14.6 Å². The predicted octanol–water partition coefficient (Wildman–Crippen LogP) is 0.208. The van der Waals surface area contributed by atoms with Gasteiger partial charge in [0.15, 0.2) is 0 Å². The Labute approximate surface area is 145 Å². The maximum atomic E-state index is 12.8. The number of aromatic nitrogens is 4. The van der Waals surface area contributed by atoms with Crippen LogP contribution in [0.2, 0.25) is 0 Å². The van der Waals surface area contributed by atoms with E-state index in [9.17, 15) is 9.59 Å². The molecule has 2 aromatic rings. The van der Waals surface area contributed by atoms with Crippen molar-refractivity contribution < 1.29 is 9.53 Å². The molecule has 1 N–H and O–H groups in total. The topological polar surface area (TPSA) is 96.3 Å². The second-order valence-electron chi connectivity index (χ2n) is 6.32. The Morgan fingerprint density at radius 2 is 2.20 bits per heavy atom. The molecule has 0 saturated carbocycles. The highest BCUT2D eigenvalue weighted by atomic mass is 16.5. The van der Waals surface area contributed by atoms with Crippen LogP contribution in [0.5, 0.6) is 5.88 Å². The minimum Gasteiger partial charge on any atom is -0.481 e. The molecule has 1 fully saturated rings. The van der Waals surface area contributed by atoms with Gasteiger partial charge in [-0.2, -0.15) is 5.10 Å². The Hall–Kier alpha value is -2.84. The van der Waals surface area contributed by atoms with Gasteiger partial charge in [0.1, 0.15) is 5.56 Å². The quantitative estimate of drug-likeness (QED) is 0.850. The third kappa shape index (κ3) is 3.21. The molecule has 134 valence electrons. The minimum absolute atomic E-state index is 0.0348. The summed E-state index contributed by atoms with van der Waals surface area (Å²) in [5.74, 6) is 0.872. The van der Waals surface area contributed by atoms with Crippen molar-refractivity contribution in [3.05, 3.63) is 33.9 Å². The fourth-order valence-corrected chi connectivity index (χ4v) is 3.06. The monoisotopic (exact) mass is 346 g/mol. The zero-order valence-corrected chi connectivity index (χ0v) is 14.8. The number of anilines is 1. The lowest BCUT2D eigenvalue weighted by atomic mass is 10.1. The van der Waals surface area contributed by atoms with Crippen molar-refractivity contribution in [3.8, 4) is 5.88 Å². The van der Waals surface area contributed by atoms with Crippen LogP contribution in [-0.2, 0) is 7.05 Å². The fraction of sp³-hybridized carbons (Fsp3) is 0.500. The van der Waals surface area contributed by atoms with Crippen molar-refractivity contribution in [1.82, 2.24) is 24.6 Å². The summed E-state index contributed by atoms with van der Waals surface area (Å²) in [4.78, 5) is 35.3. The van der Waals surface area contributed by atoms with Gasteiger partial charge in [0, 0.05) is 46.2 Å². The Bertz CT molecular complexity index is 841. The van der Waals surface area contributed by atoms with E-state index < -0.39 is 0 Å². The summed E-state index contributed by atoms with van der Waals surface area (Å²) >= 11 is 0. The summed E-state index contributed by atoms with van der Waals surface area (Å²) in [5.41, 5.74) is 0.965. The van der Waals surface area contributed by atoms with Gasteiger partial charge in [-0.05, 0) is 6.42 Å². The summed E-state index contributed by atoms with van der Waals surface area (Å²) in [6.45, 7) is 1.12. The number of H-pyrrole nitrogens is 1. The van der Waals surface area contributed by atoms with Crippen LogP contribution in [0, 0.1) is 0 Å². The van der Waals surface area contributed by atoms with E-state index in [1.165, 1.54) is 24.1 Å². The molecule has 25 heavy (non-hydrogen) atoms. The number of ether oxygens (including phenoxy) is 1. The Morgan fingerprint density at radius 1 is 1.44 bits per heavy atom. The number of methoxy groups -OCH3 is 1. The number of nitrogens with zero attached hydrogens (tertiary/aromatic N) is 5. The number of carbonyl (C=O) groups is 1. The third-order valence-electron chi connectivity index (χ3n) is 4.37. The zero-order chi connectivity index (χ0) is 18.1. The van der Waals surface area contributed by atoms with Gasteiger partial charge < -0.3 is 14.5 Å². The summed E-state index contributed by atoms with van der Waals surface area (Å²) < 4.78 is 6.79. The molecular weight excluding hydrogens is 324 g/mol. The number of aromatic amines is 1. The fourth-order valence-electron chi connectivity index (χ4n) is 3.06. The molecule has 1 unspecified atom stereocenters. The molecule has 0 spiro atoms. The lowest BCUT2D eigenvalue weighted by molar-refractivity contribution is 0.0787. The van der Waals surface area contributed by atoms with Crippen LogP contribution < -0.4 is 15.2 Å². The Morgan fingerprint density at radius 3 is 2.88 bits per heavy atom. The second-order valence-corrected chi connectivity index (χ2v) is 6.32. The van der Waals surface area contributed by atoms with E-state index in [2.05, 4.69) is 15.1 Å². The molecule has 0 bridgehead atoms. The number of amides is 1. The van der Waals surface area contributed by atoms with Crippen LogP contribution in [-0.4, -0.2) is 64.9 Å². The van der Waals surface area contributed by atoms with E-state index >= 15 is 0 Å². The van der Waals surface area contributed by atoms with Crippen molar-refractivity contribution in [1.29, 1.82) is 0 Å². The van der Waals surface area contributed by atoms with Crippen LogP contribution in [0.15, 0.2) is 17.1 Å².